The van der Waals surface area contributed by atoms with E-state index < -0.39 is 0 Å². The van der Waals surface area contributed by atoms with Crippen LogP contribution in [0.25, 0.3) is 5.57 Å². The fourth-order valence-corrected chi connectivity index (χ4v) is 1.03. The van der Waals surface area contributed by atoms with E-state index in [0.29, 0.717) is 16.9 Å². The Morgan fingerprint density at radius 3 is 2.75 bits per heavy atom. The van der Waals surface area contributed by atoms with Crippen molar-refractivity contribution in [3.8, 4) is 0 Å². The van der Waals surface area contributed by atoms with Crippen molar-refractivity contribution in [3.05, 3.63) is 41.1 Å². The number of hydrogen-bond acceptors (Lipinski definition) is 2. The molecule has 0 aromatic heterocycles. The van der Waals surface area contributed by atoms with Crippen molar-refractivity contribution in [2.24, 2.45) is 0 Å². The number of aldehydes is 1. The maximum absolute atomic E-state index is 10.4. The second-order valence-electron chi connectivity index (χ2n) is 2.21. The minimum Gasteiger partial charge on any atom is -0.515 e. The van der Waals surface area contributed by atoms with E-state index in [9.17, 15) is 4.79 Å². The van der Waals surface area contributed by atoms with Crippen molar-refractivity contribution < 1.29 is 9.90 Å². The molecule has 1 N–H and O–H groups in total. The third kappa shape index (κ3) is 1.86. The van der Waals surface area contributed by atoms with E-state index in [-0.39, 0.29) is 5.57 Å². The number of allylic oxidation sites excluding steroid dienone is 1. The van der Waals surface area contributed by atoms with Crippen LogP contribution in [0.3, 0.4) is 0 Å². The lowest BCUT2D eigenvalue weighted by molar-refractivity contribution is -0.103. The Balaban J connectivity index is 3.10. The van der Waals surface area contributed by atoms with Crippen LogP contribution in [0.4, 0.5) is 0 Å². The standard InChI is InChI=1S/C9H7ClO2/c10-9-3-1-2-7(4-9)8(5-11)6-12/h1-6,11H/b8-5+. The van der Waals surface area contributed by atoms with E-state index in [4.69, 9.17) is 16.7 Å². The lowest BCUT2D eigenvalue weighted by Crippen LogP contribution is -1.84. The molecule has 0 bridgehead atoms. The Bertz CT molecular complexity index is 318. The topological polar surface area (TPSA) is 37.3 Å². The Labute approximate surface area is 75.1 Å². The van der Waals surface area contributed by atoms with Crippen LogP contribution >= 0.6 is 11.6 Å². The third-order valence-corrected chi connectivity index (χ3v) is 1.66. The molecule has 0 aliphatic heterocycles. The van der Waals surface area contributed by atoms with E-state index in [1.807, 2.05) is 0 Å². The monoisotopic (exact) mass is 182 g/mol. The van der Waals surface area contributed by atoms with Crippen molar-refractivity contribution >= 4 is 23.5 Å². The average Bonchev–Trinajstić information content (AvgIpc) is 2.07. The van der Waals surface area contributed by atoms with Crippen LogP contribution in [0.5, 0.6) is 0 Å². The van der Waals surface area contributed by atoms with E-state index in [1.165, 1.54) is 0 Å². The van der Waals surface area contributed by atoms with Crippen molar-refractivity contribution in [3.63, 3.8) is 0 Å². The van der Waals surface area contributed by atoms with Gasteiger partial charge in [-0.2, -0.15) is 0 Å². The van der Waals surface area contributed by atoms with E-state index in [1.54, 1.807) is 24.3 Å². The number of aliphatic hydroxyl groups is 1. The Kier molecular flexibility index (Phi) is 2.88. The zero-order valence-electron chi connectivity index (χ0n) is 6.20. The van der Waals surface area contributed by atoms with Gasteiger partial charge in [0, 0.05) is 5.02 Å². The SMILES string of the molecule is O=C/C(=C\O)c1cccc(Cl)c1. The van der Waals surface area contributed by atoms with Gasteiger partial charge >= 0.3 is 0 Å². The van der Waals surface area contributed by atoms with Gasteiger partial charge in [-0.25, -0.2) is 0 Å². The zero-order valence-corrected chi connectivity index (χ0v) is 6.95. The smallest absolute Gasteiger partial charge is 0.153 e. The van der Waals surface area contributed by atoms with E-state index in [2.05, 4.69) is 0 Å². The summed E-state index contributed by atoms with van der Waals surface area (Å²) in [5.41, 5.74) is 0.831. The summed E-state index contributed by atoms with van der Waals surface area (Å²) < 4.78 is 0. The second kappa shape index (κ2) is 3.93. The number of carbonyl (C=O) groups is 1. The van der Waals surface area contributed by atoms with Gasteiger partial charge < -0.3 is 5.11 Å². The molecule has 0 saturated carbocycles. The van der Waals surface area contributed by atoms with Gasteiger partial charge in [0.1, 0.15) is 0 Å². The van der Waals surface area contributed by atoms with Crippen LogP contribution in [0.2, 0.25) is 5.02 Å². The van der Waals surface area contributed by atoms with Crippen molar-refractivity contribution in [1.82, 2.24) is 0 Å². The molecule has 0 amide bonds. The number of halogens is 1. The van der Waals surface area contributed by atoms with Crippen molar-refractivity contribution in [2.45, 2.75) is 0 Å². The van der Waals surface area contributed by atoms with Crippen LogP contribution in [-0.2, 0) is 4.79 Å². The summed E-state index contributed by atoms with van der Waals surface area (Å²) in [6.07, 6.45) is 1.34. The van der Waals surface area contributed by atoms with Gasteiger partial charge in [0.15, 0.2) is 6.29 Å². The quantitative estimate of drug-likeness (QED) is 0.433. The van der Waals surface area contributed by atoms with Gasteiger partial charge in [-0.3, -0.25) is 4.79 Å². The first kappa shape index (κ1) is 8.81. The van der Waals surface area contributed by atoms with Crippen LogP contribution in [-0.4, -0.2) is 11.4 Å². The average molecular weight is 183 g/mol. The summed E-state index contributed by atoms with van der Waals surface area (Å²) in [6, 6.07) is 6.72. The van der Waals surface area contributed by atoms with Crippen LogP contribution < -0.4 is 0 Å². The largest absolute Gasteiger partial charge is 0.515 e. The number of benzene rings is 1. The van der Waals surface area contributed by atoms with Crippen LogP contribution in [0.15, 0.2) is 30.5 Å². The van der Waals surface area contributed by atoms with E-state index in [0.717, 1.165) is 6.26 Å². The summed E-state index contributed by atoms with van der Waals surface area (Å²) in [7, 11) is 0. The first-order valence-corrected chi connectivity index (χ1v) is 3.71. The molecule has 0 saturated heterocycles. The first-order valence-electron chi connectivity index (χ1n) is 3.33. The molecule has 1 rings (SSSR count). The number of carbonyl (C=O) groups excluding carboxylic acids is 1. The molecular formula is C9H7ClO2. The van der Waals surface area contributed by atoms with Crippen LogP contribution in [0.1, 0.15) is 5.56 Å². The number of hydrogen-bond donors (Lipinski definition) is 1. The highest BCUT2D eigenvalue weighted by Gasteiger charge is 1.99. The van der Waals surface area contributed by atoms with Gasteiger partial charge in [-0.1, -0.05) is 23.7 Å². The predicted octanol–water partition coefficient (Wildman–Crippen LogP) is 2.44. The molecule has 0 aliphatic carbocycles. The molecule has 1 aromatic carbocycles. The second-order valence-corrected chi connectivity index (χ2v) is 2.65. The maximum atomic E-state index is 10.4. The minimum atomic E-state index is 0.220. The van der Waals surface area contributed by atoms with Gasteiger partial charge in [-0.15, -0.1) is 0 Å². The first-order chi connectivity index (χ1) is 5.77. The van der Waals surface area contributed by atoms with Crippen molar-refractivity contribution in [2.75, 3.05) is 0 Å². The third-order valence-electron chi connectivity index (χ3n) is 1.42. The highest BCUT2D eigenvalue weighted by atomic mass is 35.5. The number of aliphatic hydroxyl groups excluding tert-OH is 1. The number of rotatable bonds is 2. The molecule has 0 unspecified atom stereocenters. The van der Waals surface area contributed by atoms with Gasteiger partial charge in [0.25, 0.3) is 0 Å². The lowest BCUT2D eigenvalue weighted by atomic mass is 10.1. The molecule has 0 spiro atoms. The van der Waals surface area contributed by atoms with Gasteiger partial charge in [0.2, 0.25) is 0 Å². The summed E-state index contributed by atoms with van der Waals surface area (Å²) >= 11 is 5.68. The fourth-order valence-electron chi connectivity index (χ4n) is 0.841. The van der Waals surface area contributed by atoms with Crippen LogP contribution in [0, 0.1) is 0 Å². The molecule has 12 heavy (non-hydrogen) atoms. The molecule has 0 heterocycles. The zero-order chi connectivity index (χ0) is 8.97. The lowest BCUT2D eigenvalue weighted by Gasteiger charge is -1.97. The molecule has 62 valence electrons. The fraction of sp³-hybridized carbons (Fsp3) is 0. The molecule has 0 aliphatic rings. The molecular weight excluding hydrogens is 176 g/mol. The van der Waals surface area contributed by atoms with Gasteiger partial charge in [-0.05, 0) is 17.7 Å². The molecule has 2 nitrogen and oxygen atoms in total. The molecule has 3 heteroatoms. The molecule has 1 aromatic rings. The summed E-state index contributed by atoms with van der Waals surface area (Å²) in [4.78, 5) is 10.4. The van der Waals surface area contributed by atoms with E-state index >= 15 is 0 Å². The Hall–Kier alpha value is -1.28. The minimum absolute atomic E-state index is 0.220. The Morgan fingerprint density at radius 2 is 2.25 bits per heavy atom. The molecule has 0 radical (unpaired) electrons. The maximum Gasteiger partial charge on any atom is 0.153 e. The normalized spacial score (nSPS) is 11.2. The summed E-state index contributed by atoms with van der Waals surface area (Å²) in [6.45, 7) is 0. The summed E-state index contributed by atoms with van der Waals surface area (Å²) in [5.74, 6) is 0. The molecule has 0 atom stereocenters. The predicted molar refractivity (Wildman–Crippen MR) is 48.1 cm³/mol. The van der Waals surface area contributed by atoms with Crippen molar-refractivity contribution in [1.29, 1.82) is 0 Å². The highest BCUT2D eigenvalue weighted by molar-refractivity contribution is 6.30. The van der Waals surface area contributed by atoms with Gasteiger partial charge in [0.05, 0.1) is 11.8 Å². The Morgan fingerprint density at radius 1 is 1.50 bits per heavy atom. The summed E-state index contributed by atoms with van der Waals surface area (Å²) in [5, 5.41) is 9.17. The molecule has 0 fully saturated rings. The highest BCUT2D eigenvalue weighted by Crippen LogP contribution is 2.16.